The lowest BCUT2D eigenvalue weighted by atomic mass is 10.1. The molecule has 0 amide bonds. The Balaban J connectivity index is 3.16. The molecule has 0 radical (unpaired) electrons. The largest absolute Gasteiger partial charge is 0.497 e. The molecule has 0 aliphatic heterocycles. The van der Waals surface area contributed by atoms with Crippen LogP contribution >= 0.6 is 0 Å². The number of aliphatic hydroxyl groups excluding tert-OH is 1. The fourth-order valence-corrected chi connectivity index (χ4v) is 3.14. The molecule has 114 valence electrons. The van der Waals surface area contributed by atoms with Gasteiger partial charge < -0.3 is 14.6 Å². The summed E-state index contributed by atoms with van der Waals surface area (Å²) in [6.07, 6.45) is 0.254. The van der Waals surface area contributed by atoms with E-state index in [0.717, 1.165) is 0 Å². The molecule has 0 heterocycles. The van der Waals surface area contributed by atoms with Crippen LogP contribution in [0, 0.1) is 0 Å². The second-order valence-corrected chi connectivity index (χ2v) is 6.28. The van der Waals surface area contributed by atoms with E-state index >= 15 is 0 Å². The smallest absolute Gasteiger partial charge is 0.243 e. The van der Waals surface area contributed by atoms with Crippen molar-refractivity contribution in [3.8, 4) is 5.75 Å². The minimum Gasteiger partial charge on any atom is -0.497 e. The fourth-order valence-electron chi connectivity index (χ4n) is 1.76. The monoisotopic (exact) mass is 303 g/mol. The molecular formula is C13H21NO5S. The molecule has 0 aromatic heterocycles. The second-order valence-electron chi connectivity index (χ2n) is 4.27. The molecule has 1 aromatic carbocycles. The van der Waals surface area contributed by atoms with Crippen molar-refractivity contribution in [3.63, 3.8) is 0 Å². The molecule has 1 rings (SSSR count). The van der Waals surface area contributed by atoms with Crippen LogP contribution in [0.25, 0.3) is 0 Å². The Kier molecular flexibility index (Phi) is 6.41. The Morgan fingerprint density at radius 3 is 2.55 bits per heavy atom. The zero-order valence-electron chi connectivity index (χ0n) is 12.0. The fraction of sp³-hybridized carbons (Fsp3) is 0.538. The highest BCUT2D eigenvalue weighted by Crippen LogP contribution is 2.24. The van der Waals surface area contributed by atoms with Gasteiger partial charge in [-0.3, -0.25) is 0 Å². The van der Waals surface area contributed by atoms with E-state index < -0.39 is 10.0 Å². The zero-order chi connectivity index (χ0) is 15.2. The van der Waals surface area contributed by atoms with Crippen molar-refractivity contribution in [2.75, 3.05) is 41.0 Å². The molecule has 1 aromatic rings. The SMILES string of the molecule is COCCN(C)S(=O)(=O)c1ccc(OC)cc1CCO. The van der Waals surface area contributed by atoms with Gasteiger partial charge in [0, 0.05) is 27.3 Å². The summed E-state index contributed by atoms with van der Waals surface area (Å²) in [4.78, 5) is 0.186. The summed E-state index contributed by atoms with van der Waals surface area (Å²) in [7, 11) is 0.929. The molecule has 0 saturated carbocycles. The number of ether oxygens (including phenoxy) is 2. The molecule has 0 saturated heterocycles. The number of methoxy groups -OCH3 is 2. The summed E-state index contributed by atoms with van der Waals surface area (Å²) in [6.45, 7) is 0.460. The number of rotatable bonds is 8. The third-order valence-corrected chi connectivity index (χ3v) is 4.90. The topological polar surface area (TPSA) is 76.1 Å². The van der Waals surface area contributed by atoms with E-state index in [-0.39, 0.29) is 24.5 Å². The van der Waals surface area contributed by atoms with Gasteiger partial charge in [-0.15, -0.1) is 0 Å². The molecular weight excluding hydrogens is 282 g/mol. The van der Waals surface area contributed by atoms with Gasteiger partial charge in [0.15, 0.2) is 0 Å². The first-order valence-corrected chi connectivity index (χ1v) is 7.64. The standard InChI is InChI=1S/C13H21NO5S/c1-14(7-9-18-2)20(16,17)13-5-4-12(19-3)10-11(13)6-8-15/h4-5,10,15H,6-9H2,1-3H3. The Morgan fingerprint density at radius 1 is 1.30 bits per heavy atom. The molecule has 0 unspecified atom stereocenters. The van der Waals surface area contributed by atoms with Crippen LogP contribution in [-0.2, 0) is 21.2 Å². The lowest BCUT2D eigenvalue weighted by molar-refractivity contribution is 0.185. The van der Waals surface area contributed by atoms with E-state index in [0.29, 0.717) is 17.9 Å². The lowest BCUT2D eigenvalue weighted by Gasteiger charge is -2.19. The number of sulfonamides is 1. The van der Waals surface area contributed by atoms with Gasteiger partial charge in [0.2, 0.25) is 10.0 Å². The van der Waals surface area contributed by atoms with Gasteiger partial charge in [-0.25, -0.2) is 8.42 Å². The average Bonchev–Trinajstić information content (AvgIpc) is 2.44. The van der Waals surface area contributed by atoms with E-state index in [1.165, 1.54) is 31.6 Å². The molecule has 20 heavy (non-hydrogen) atoms. The summed E-state index contributed by atoms with van der Waals surface area (Å²) in [6, 6.07) is 4.73. The average molecular weight is 303 g/mol. The lowest BCUT2D eigenvalue weighted by Crippen LogP contribution is -2.30. The number of aliphatic hydroxyl groups is 1. The van der Waals surface area contributed by atoms with Crippen LogP contribution in [-0.4, -0.2) is 58.9 Å². The summed E-state index contributed by atoms with van der Waals surface area (Å²) in [5.74, 6) is 0.562. The van der Waals surface area contributed by atoms with Crippen molar-refractivity contribution in [1.82, 2.24) is 4.31 Å². The van der Waals surface area contributed by atoms with Crippen LogP contribution in [0.3, 0.4) is 0 Å². The maximum Gasteiger partial charge on any atom is 0.243 e. The minimum absolute atomic E-state index is 0.128. The Bertz CT molecular complexity index is 530. The Morgan fingerprint density at radius 2 is 2.00 bits per heavy atom. The van der Waals surface area contributed by atoms with Gasteiger partial charge in [0.1, 0.15) is 5.75 Å². The van der Waals surface area contributed by atoms with Crippen molar-refractivity contribution in [2.45, 2.75) is 11.3 Å². The van der Waals surface area contributed by atoms with Crippen molar-refractivity contribution < 1.29 is 23.0 Å². The van der Waals surface area contributed by atoms with Crippen molar-refractivity contribution >= 4 is 10.0 Å². The maximum atomic E-state index is 12.5. The van der Waals surface area contributed by atoms with Crippen LogP contribution < -0.4 is 4.74 Å². The van der Waals surface area contributed by atoms with Crippen molar-refractivity contribution in [1.29, 1.82) is 0 Å². The molecule has 0 atom stereocenters. The highest BCUT2D eigenvalue weighted by molar-refractivity contribution is 7.89. The predicted octanol–water partition coefficient (Wildman–Crippen LogP) is 0.497. The van der Waals surface area contributed by atoms with Gasteiger partial charge >= 0.3 is 0 Å². The summed E-state index contributed by atoms with van der Waals surface area (Å²) in [5, 5.41) is 9.08. The minimum atomic E-state index is -3.60. The third kappa shape index (κ3) is 3.92. The third-order valence-electron chi connectivity index (χ3n) is 2.95. The number of likely N-dealkylation sites (N-methyl/N-ethyl adjacent to an activating group) is 1. The summed E-state index contributed by atoms with van der Waals surface area (Å²) < 4.78 is 36.2. The molecule has 6 nitrogen and oxygen atoms in total. The Hall–Kier alpha value is -1.15. The van der Waals surface area contributed by atoms with Gasteiger partial charge in [0.05, 0.1) is 18.6 Å². The molecule has 0 fully saturated rings. The first-order valence-electron chi connectivity index (χ1n) is 6.20. The number of benzene rings is 1. The van der Waals surface area contributed by atoms with Crippen LogP contribution in [0.1, 0.15) is 5.56 Å². The molecule has 1 N–H and O–H groups in total. The van der Waals surface area contributed by atoms with E-state index in [1.807, 2.05) is 0 Å². The highest BCUT2D eigenvalue weighted by Gasteiger charge is 2.23. The first kappa shape index (κ1) is 16.9. The van der Waals surface area contributed by atoms with Crippen LogP contribution in [0.2, 0.25) is 0 Å². The maximum absolute atomic E-state index is 12.5. The van der Waals surface area contributed by atoms with Gasteiger partial charge in [0.25, 0.3) is 0 Å². The quantitative estimate of drug-likeness (QED) is 0.757. The molecule has 7 heteroatoms. The highest BCUT2D eigenvalue weighted by atomic mass is 32.2. The number of hydrogen-bond donors (Lipinski definition) is 1. The summed E-state index contributed by atoms with van der Waals surface area (Å²) >= 11 is 0. The van der Waals surface area contributed by atoms with E-state index in [9.17, 15) is 8.42 Å². The second kappa shape index (κ2) is 7.58. The molecule has 0 aliphatic carbocycles. The van der Waals surface area contributed by atoms with Gasteiger partial charge in [-0.1, -0.05) is 0 Å². The van der Waals surface area contributed by atoms with Gasteiger partial charge in [-0.05, 0) is 30.2 Å². The number of nitrogens with zero attached hydrogens (tertiary/aromatic N) is 1. The van der Waals surface area contributed by atoms with Crippen molar-refractivity contribution in [2.24, 2.45) is 0 Å². The van der Waals surface area contributed by atoms with Crippen LogP contribution in [0.4, 0.5) is 0 Å². The van der Waals surface area contributed by atoms with Crippen LogP contribution in [0.5, 0.6) is 5.75 Å². The van der Waals surface area contributed by atoms with Crippen LogP contribution in [0.15, 0.2) is 23.1 Å². The predicted molar refractivity (Wildman–Crippen MR) is 75.5 cm³/mol. The van der Waals surface area contributed by atoms with E-state index in [4.69, 9.17) is 14.6 Å². The van der Waals surface area contributed by atoms with E-state index in [1.54, 1.807) is 12.1 Å². The zero-order valence-corrected chi connectivity index (χ0v) is 12.8. The molecule has 0 aliphatic rings. The molecule has 0 spiro atoms. The normalized spacial score (nSPS) is 11.8. The first-order chi connectivity index (χ1) is 9.47. The summed E-state index contributed by atoms with van der Waals surface area (Å²) in [5.41, 5.74) is 0.538. The van der Waals surface area contributed by atoms with Gasteiger partial charge in [-0.2, -0.15) is 4.31 Å². The molecule has 0 bridgehead atoms. The van der Waals surface area contributed by atoms with Crippen molar-refractivity contribution in [3.05, 3.63) is 23.8 Å². The number of hydrogen-bond acceptors (Lipinski definition) is 5. The Labute approximate surface area is 120 Å². The van der Waals surface area contributed by atoms with E-state index in [2.05, 4.69) is 0 Å².